The van der Waals surface area contributed by atoms with Crippen LogP contribution in [0.5, 0.6) is 0 Å². The lowest BCUT2D eigenvalue weighted by Gasteiger charge is -2.41. The summed E-state index contributed by atoms with van der Waals surface area (Å²) in [5.74, 6) is 0.804. The first-order valence-corrected chi connectivity index (χ1v) is 12.4. The highest BCUT2D eigenvalue weighted by molar-refractivity contribution is 6.07. The van der Waals surface area contributed by atoms with Crippen LogP contribution in [-0.4, -0.2) is 77.4 Å². The smallest absolute Gasteiger partial charge is 0.325 e. The number of carbonyl (C=O) groups is 3. The Labute approximate surface area is 187 Å². The molecule has 31 heavy (non-hydrogen) atoms. The first-order valence-electron chi connectivity index (χ1n) is 12.4. The average Bonchev–Trinajstić information content (AvgIpc) is 3.26. The van der Waals surface area contributed by atoms with Gasteiger partial charge in [0.1, 0.15) is 5.54 Å². The van der Waals surface area contributed by atoms with Crippen molar-refractivity contribution in [1.82, 2.24) is 20.0 Å². The van der Waals surface area contributed by atoms with Crippen LogP contribution in [0.1, 0.15) is 78.6 Å². The van der Waals surface area contributed by atoms with Crippen molar-refractivity contribution in [1.29, 1.82) is 0 Å². The average molecular weight is 435 g/mol. The maximum absolute atomic E-state index is 13.6. The van der Waals surface area contributed by atoms with Crippen LogP contribution in [0.15, 0.2) is 0 Å². The third-order valence-electron chi connectivity index (χ3n) is 7.68. The van der Waals surface area contributed by atoms with Crippen LogP contribution in [0, 0.1) is 11.8 Å². The van der Waals surface area contributed by atoms with Gasteiger partial charge in [0, 0.05) is 32.1 Å². The summed E-state index contributed by atoms with van der Waals surface area (Å²) in [6, 6.07) is 0.233. The molecule has 7 heteroatoms. The summed E-state index contributed by atoms with van der Waals surface area (Å²) in [6.45, 7) is 9.31. The highest BCUT2D eigenvalue weighted by atomic mass is 16.2. The van der Waals surface area contributed by atoms with Crippen molar-refractivity contribution in [2.45, 2.75) is 90.1 Å². The van der Waals surface area contributed by atoms with E-state index in [1.807, 2.05) is 4.90 Å². The van der Waals surface area contributed by atoms with E-state index < -0.39 is 5.54 Å². The van der Waals surface area contributed by atoms with Crippen molar-refractivity contribution < 1.29 is 14.4 Å². The third kappa shape index (κ3) is 5.24. The number of rotatable bonds is 9. The zero-order valence-electron chi connectivity index (χ0n) is 20.0. The summed E-state index contributed by atoms with van der Waals surface area (Å²) >= 11 is 0. The molecule has 0 bridgehead atoms. The lowest BCUT2D eigenvalue weighted by molar-refractivity contribution is -0.136. The minimum absolute atomic E-state index is 0.0374. The molecule has 0 unspecified atom stereocenters. The molecule has 3 rings (SSSR count). The minimum atomic E-state index is -0.791. The highest BCUT2D eigenvalue weighted by Gasteiger charge is 2.55. The van der Waals surface area contributed by atoms with E-state index in [-0.39, 0.29) is 23.8 Å². The van der Waals surface area contributed by atoms with Crippen LogP contribution in [0.3, 0.4) is 0 Å². The number of hydrogen-bond acceptors (Lipinski definition) is 4. The zero-order valence-corrected chi connectivity index (χ0v) is 20.0. The number of imide groups is 1. The summed E-state index contributed by atoms with van der Waals surface area (Å²) in [5.41, 5.74) is -0.791. The molecule has 3 fully saturated rings. The van der Waals surface area contributed by atoms with Gasteiger partial charge in [-0.3, -0.25) is 14.5 Å². The van der Waals surface area contributed by atoms with Gasteiger partial charge in [0.2, 0.25) is 5.91 Å². The lowest BCUT2D eigenvalue weighted by Crippen LogP contribution is -2.56. The topological polar surface area (TPSA) is 73.0 Å². The molecule has 3 aliphatic rings. The number of piperidine rings is 1. The Bertz CT molecular complexity index is 659. The van der Waals surface area contributed by atoms with E-state index >= 15 is 0 Å². The summed E-state index contributed by atoms with van der Waals surface area (Å²) in [7, 11) is 2.13. The number of urea groups is 1. The minimum Gasteiger partial charge on any atom is -0.343 e. The van der Waals surface area contributed by atoms with Gasteiger partial charge in [-0.15, -0.1) is 0 Å². The Morgan fingerprint density at radius 1 is 1.16 bits per heavy atom. The normalized spacial score (nSPS) is 28.1. The van der Waals surface area contributed by atoms with Gasteiger partial charge in [-0.2, -0.15) is 0 Å². The summed E-state index contributed by atoms with van der Waals surface area (Å²) in [6.07, 6.45) is 7.76. The molecule has 0 aliphatic carbocycles. The van der Waals surface area contributed by atoms with Crippen LogP contribution in [-0.2, 0) is 9.59 Å². The van der Waals surface area contributed by atoms with Crippen molar-refractivity contribution in [2.24, 2.45) is 11.8 Å². The van der Waals surface area contributed by atoms with Gasteiger partial charge in [-0.1, -0.05) is 27.2 Å². The second-order valence-electron chi connectivity index (χ2n) is 10.3. The van der Waals surface area contributed by atoms with Crippen molar-refractivity contribution in [3.05, 3.63) is 0 Å². The third-order valence-corrected chi connectivity index (χ3v) is 7.68. The van der Waals surface area contributed by atoms with E-state index in [1.54, 1.807) is 0 Å². The molecular weight excluding hydrogens is 392 g/mol. The van der Waals surface area contributed by atoms with Gasteiger partial charge in [0.05, 0.1) is 0 Å². The van der Waals surface area contributed by atoms with Gasteiger partial charge < -0.3 is 15.1 Å². The van der Waals surface area contributed by atoms with Crippen LogP contribution in [0.4, 0.5) is 4.79 Å². The fourth-order valence-electron chi connectivity index (χ4n) is 5.71. The van der Waals surface area contributed by atoms with Crippen molar-refractivity contribution >= 4 is 17.8 Å². The summed E-state index contributed by atoms with van der Waals surface area (Å²) < 4.78 is 0. The van der Waals surface area contributed by atoms with E-state index in [9.17, 15) is 14.4 Å². The Morgan fingerprint density at radius 3 is 2.45 bits per heavy atom. The molecule has 3 saturated heterocycles. The number of nitrogens with one attached hydrogen (secondary N) is 1. The molecule has 4 amide bonds. The SMILES string of the molecule is CCC[C@@]1(C2CCN(C(=O)CCC(C)C)CC2)NC(=O)N(CC[C@H]2CCCN2C)C1=O. The maximum atomic E-state index is 13.6. The molecule has 7 nitrogen and oxygen atoms in total. The molecule has 0 aromatic rings. The molecule has 0 spiro atoms. The number of amides is 4. The maximum Gasteiger partial charge on any atom is 0.325 e. The molecular formula is C24H42N4O3. The van der Waals surface area contributed by atoms with E-state index in [2.05, 4.69) is 38.0 Å². The van der Waals surface area contributed by atoms with Gasteiger partial charge in [-0.05, 0) is 70.4 Å². The van der Waals surface area contributed by atoms with Gasteiger partial charge >= 0.3 is 6.03 Å². The quantitative estimate of drug-likeness (QED) is 0.566. The van der Waals surface area contributed by atoms with Gasteiger partial charge in [0.15, 0.2) is 0 Å². The van der Waals surface area contributed by atoms with Crippen LogP contribution >= 0.6 is 0 Å². The Balaban J connectivity index is 1.62. The summed E-state index contributed by atoms with van der Waals surface area (Å²) in [4.78, 5) is 44.7. The van der Waals surface area contributed by atoms with Crippen molar-refractivity contribution in [3.8, 4) is 0 Å². The molecule has 176 valence electrons. The molecule has 0 saturated carbocycles. The van der Waals surface area contributed by atoms with Crippen LogP contribution in [0.2, 0.25) is 0 Å². The summed E-state index contributed by atoms with van der Waals surface area (Å²) in [5, 5.41) is 3.13. The Hall–Kier alpha value is -1.63. The molecule has 1 N–H and O–H groups in total. The van der Waals surface area contributed by atoms with Gasteiger partial charge in [0.25, 0.3) is 5.91 Å². The van der Waals surface area contributed by atoms with Crippen molar-refractivity contribution in [3.63, 3.8) is 0 Å². The standard InChI is InChI=1S/C24H42N4O3/c1-5-13-24(19-10-15-27(16-11-19)21(29)9-8-18(2)3)22(30)28(23(31)25-24)17-12-20-7-6-14-26(20)4/h18-20H,5-17H2,1-4H3,(H,25,31)/t20-,24+/m1/s1. The van der Waals surface area contributed by atoms with Crippen LogP contribution in [0.25, 0.3) is 0 Å². The Morgan fingerprint density at radius 2 is 1.87 bits per heavy atom. The Kier molecular flexibility index (Phi) is 8.00. The fourth-order valence-corrected chi connectivity index (χ4v) is 5.71. The van der Waals surface area contributed by atoms with Crippen LogP contribution < -0.4 is 5.32 Å². The van der Waals surface area contributed by atoms with Gasteiger partial charge in [-0.25, -0.2) is 4.79 Å². The van der Waals surface area contributed by atoms with Crippen molar-refractivity contribution in [2.75, 3.05) is 33.2 Å². The molecule has 3 heterocycles. The first kappa shape index (κ1) is 24.0. The molecule has 2 atom stereocenters. The molecule has 0 aromatic heterocycles. The highest BCUT2D eigenvalue weighted by Crippen LogP contribution is 2.37. The monoisotopic (exact) mass is 434 g/mol. The predicted octanol–water partition coefficient (Wildman–Crippen LogP) is 3.24. The molecule has 0 aromatic carbocycles. The number of likely N-dealkylation sites (tertiary alicyclic amines) is 2. The van der Waals surface area contributed by atoms with E-state index in [0.717, 1.165) is 45.1 Å². The zero-order chi connectivity index (χ0) is 22.6. The fraction of sp³-hybridized carbons (Fsp3) is 0.875. The number of carbonyl (C=O) groups excluding carboxylic acids is 3. The molecule has 0 radical (unpaired) electrons. The largest absolute Gasteiger partial charge is 0.343 e. The predicted molar refractivity (Wildman–Crippen MR) is 122 cm³/mol. The second-order valence-corrected chi connectivity index (χ2v) is 10.3. The van der Waals surface area contributed by atoms with E-state index in [0.29, 0.717) is 44.4 Å². The first-order chi connectivity index (χ1) is 14.8. The van der Waals surface area contributed by atoms with E-state index in [4.69, 9.17) is 0 Å². The van der Waals surface area contributed by atoms with E-state index in [1.165, 1.54) is 11.3 Å². The lowest BCUT2D eigenvalue weighted by atomic mass is 9.74. The molecule has 3 aliphatic heterocycles. The number of nitrogens with zero attached hydrogens (tertiary/aromatic N) is 3. The second kappa shape index (κ2) is 10.3. The number of hydrogen-bond donors (Lipinski definition) is 1.